The lowest BCUT2D eigenvalue weighted by Crippen LogP contribution is -2.36. The molecule has 1 aromatic carbocycles. The predicted molar refractivity (Wildman–Crippen MR) is 51.4 cm³/mol. The summed E-state index contributed by atoms with van der Waals surface area (Å²) in [5, 5.41) is 0. The zero-order chi connectivity index (χ0) is 11.9. The van der Waals surface area contributed by atoms with E-state index in [0.29, 0.717) is 4.90 Å². The number of nitrogens with zero attached hydrogens (tertiary/aromatic N) is 1. The highest BCUT2D eigenvalue weighted by molar-refractivity contribution is 6.22. The molecule has 2 amide bonds. The van der Waals surface area contributed by atoms with Crippen LogP contribution in [0.15, 0.2) is 18.2 Å². The number of hydrogen-bond donors (Lipinski definition) is 1. The van der Waals surface area contributed by atoms with Crippen molar-refractivity contribution in [2.45, 2.75) is 12.5 Å². The van der Waals surface area contributed by atoms with Crippen LogP contribution >= 0.6 is 0 Å². The molecule has 1 aliphatic rings. The molecule has 0 aliphatic carbocycles. The van der Waals surface area contributed by atoms with Crippen molar-refractivity contribution in [1.29, 1.82) is 0 Å². The fourth-order valence-corrected chi connectivity index (χ4v) is 1.59. The van der Waals surface area contributed by atoms with E-state index in [1.807, 2.05) is 0 Å². The third-order valence-corrected chi connectivity index (χ3v) is 2.34. The van der Waals surface area contributed by atoms with E-state index in [1.54, 1.807) is 0 Å². The summed E-state index contributed by atoms with van der Waals surface area (Å²) in [5.74, 6) is -3.40. The third kappa shape index (κ3) is 1.47. The average Bonchev–Trinajstić information content (AvgIpc) is 2.44. The topological polar surface area (TPSA) is 63.4 Å². The highest BCUT2D eigenvalue weighted by atomic mass is 19.1. The number of benzene rings is 1. The highest BCUT2D eigenvalue weighted by Gasteiger charge is 2.39. The summed E-state index contributed by atoms with van der Waals surface area (Å²) in [6.45, 7) is 0. The van der Waals surface area contributed by atoms with Gasteiger partial charge in [0.2, 0.25) is 5.91 Å². The Morgan fingerprint density at radius 1 is 1.25 bits per heavy atom. The molecular weight excluding hydrogens is 218 g/mol. The first kappa shape index (κ1) is 10.7. The largest absolute Gasteiger partial charge is 0.319 e. The Labute approximate surface area is 89.6 Å². The first-order valence-corrected chi connectivity index (χ1v) is 4.58. The van der Waals surface area contributed by atoms with Gasteiger partial charge in [0.05, 0.1) is 12.5 Å². The van der Waals surface area contributed by atoms with Gasteiger partial charge in [0, 0.05) is 0 Å². The van der Waals surface area contributed by atoms with Crippen LogP contribution in [0.2, 0.25) is 0 Å². The van der Waals surface area contributed by atoms with Crippen molar-refractivity contribution in [1.82, 2.24) is 0 Å². The number of carbonyl (C=O) groups excluding carboxylic acids is 2. The fourth-order valence-electron chi connectivity index (χ4n) is 1.59. The number of halogens is 2. The lowest BCUT2D eigenvalue weighted by atomic mass is 10.2. The molecule has 84 valence electrons. The summed E-state index contributed by atoms with van der Waals surface area (Å²) >= 11 is 0. The second-order valence-corrected chi connectivity index (χ2v) is 3.45. The Bertz CT molecular complexity index is 456. The molecular formula is C10H8F2N2O2. The molecule has 0 aromatic heterocycles. The van der Waals surface area contributed by atoms with Gasteiger partial charge >= 0.3 is 0 Å². The maximum atomic E-state index is 13.3. The van der Waals surface area contributed by atoms with Crippen LogP contribution in [0.4, 0.5) is 14.5 Å². The molecule has 1 fully saturated rings. The first-order chi connectivity index (χ1) is 7.52. The summed E-state index contributed by atoms with van der Waals surface area (Å²) in [4.78, 5) is 23.3. The standard InChI is InChI=1S/C10H8F2N2O2/c11-5-2-1-3-6(12)9(5)14-8(15)4-7(13)10(14)16/h1-3,7H,4,13H2. The molecule has 0 bridgehead atoms. The van der Waals surface area contributed by atoms with Gasteiger partial charge in [0.1, 0.15) is 17.3 Å². The Morgan fingerprint density at radius 3 is 2.25 bits per heavy atom. The van der Waals surface area contributed by atoms with E-state index in [1.165, 1.54) is 0 Å². The summed E-state index contributed by atoms with van der Waals surface area (Å²) in [7, 11) is 0. The SMILES string of the molecule is NC1CC(=O)N(c2c(F)cccc2F)C1=O. The van der Waals surface area contributed by atoms with Crippen LogP contribution in [0.25, 0.3) is 0 Å². The quantitative estimate of drug-likeness (QED) is 0.711. The lowest BCUT2D eigenvalue weighted by Gasteiger charge is -2.15. The molecule has 1 heterocycles. The van der Waals surface area contributed by atoms with Gasteiger partial charge < -0.3 is 5.73 Å². The molecule has 16 heavy (non-hydrogen) atoms. The Hall–Kier alpha value is -1.82. The lowest BCUT2D eigenvalue weighted by molar-refractivity contribution is -0.121. The summed E-state index contributed by atoms with van der Waals surface area (Å²) < 4.78 is 26.7. The minimum Gasteiger partial charge on any atom is -0.319 e. The Kier molecular flexibility index (Phi) is 2.43. The van der Waals surface area contributed by atoms with Crippen LogP contribution in [-0.2, 0) is 9.59 Å². The van der Waals surface area contributed by atoms with Gasteiger partial charge in [-0.3, -0.25) is 9.59 Å². The molecule has 0 spiro atoms. The van der Waals surface area contributed by atoms with Crippen molar-refractivity contribution in [3.63, 3.8) is 0 Å². The summed E-state index contributed by atoms with van der Waals surface area (Å²) in [5.41, 5.74) is 4.69. The molecule has 4 nitrogen and oxygen atoms in total. The normalized spacial score (nSPS) is 20.7. The van der Waals surface area contributed by atoms with Crippen LogP contribution in [0, 0.1) is 11.6 Å². The third-order valence-electron chi connectivity index (χ3n) is 2.34. The highest BCUT2D eigenvalue weighted by Crippen LogP contribution is 2.27. The summed E-state index contributed by atoms with van der Waals surface area (Å²) in [6, 6.07) is 2.08. The number of rotatable bonds is 1. The van der Waals surface area contributed by atoms with Crippen molar-refractivity contribution >= 4 is 17.5 Å². The number of anilines is 1. The molecule has 0 radical (unpaired) electrons. The smallest absolute Gasteiger partial charge is 0.251 e. The number of para-hydroxylation sites is 1. The van der Waals surface area contributed by atoms with Crippen molar-refractivity contribution in [3.05, 3.63) is 29.8 Å². The Balaban J connectivity index is 2.53. The van der Waals surface area contributed by atoms with E-state index in [0.717, 1.165) is 18.2 Å². The minimum absolute atomic E-state index is 0.230. The van der Waals surface area contributed by atoms with E-state index < -0.39 is 35.2 Å². The maximum Gasteiger partial charge on any atom is 0.251 e. The molecule has 1 aromatic rings. The fraction of sp³-hybridized carbons (Fsp3) is 0.200. The number of amides is 2. The number of hydrogen-bond acceptors (Lipinski definition) is 3. The van der Waals surface area contributed by atoms with Crippen molar-refractivity contribution < 1.29 is 18.4 Å². The average molecular weight is 226 g/mol. The van der Waals surface area contributed by atoms with Gasteiger partial charge in [0.15, 0.2) is 0 Å². The minimum atomic E-state index is -1.02. The molecule has 1 unspecified atom stereocenters. The van der Waals surface area contributed by atoms with Crippen molar-refractivity contribution in [3.8, 4) is 0 Å². The van der Waals surface area contributed by atoms with Gasteiger partial charge in [-0.1, -0.05) is 6.07 Å². The second kappa shape index (κ2) is 3.64. The van der Waals surface area contributed by atoms with Crippen LogP contribution in [0.5, 0.6) is 0 Å². The molecule has 1 saturated heterocycles. The van der Waals surface area contributed by atoms with Crippen LogP contribution < -0.4 is 10.6 Å². The van der Waals surface area contributed by atoms with Crippen molar-refractivity contribution in [2.75, 3.05) is 4.90 Å². The van der Waals surface area contributed by atoms with Gasteiger partial charge in [-0.05, 0) is 12.1 Å². The molecule has 2 rings (SSSR count). The second-order valence-electron chi connectivity index (χ2n) is 3.45. The number of nitrogens with two attached hydrogens (primary N) is 1. The number of imide groups is 1. The molecule has 2 N–H and O–H groups in total. The van der Waals surface area contributed by atoms with Gasteiger partial charge in [-0.25, -0.2) is 13.7 Å². The monoisotopic (exact) mass is 226 g/mol. The van der Waals surface area contributed by atoms with Gasteiger partial charge in [-0.2, -0.15) is 0 Å². The molecule has 6 heteroatoms. The van der Waals surface area contributed by atoms with E-state index in [-0.39, 0.29) is 6.42 Å². The van der Waals surface area contributed by atoms with Gasteiger partial charge in [0.25, 0.3) is 5.91 Å². The van der Waals surface area contributed by atoms with Gasteiger partial charge in [-0.15, -0.1) is 0 Å². The van der Waals surface area contributed by atoms with Crippen LogP contribution in [0.1, 0.15) is 6.42 Å². The van der Waals surface area contributed by atoms with Crippen molar-refractivity contribution in [2.24, 2.45) is 5.73 Å². The van der Waals surface area contributed by atoms with E-state index in [2.05, 4.69) is 0 Å². The van der Waals surface area contributed by atoms with Crippen LogP contribution in [-0.4, -0.2) is 17.9 Å². The Morgan fingerprint density at radius 2 is 1.81 bits per heavy atom. The molecule has 0 saturated carbocycles. The molecule has 1 aliphatic heterocycles. The first-order valence-electron chi connectivity index (χ1n) is 4.58. The van der Waals surface area contributed by atoms with E-state index >= 15 is 0 Å². The van der Waals surface area contributed by atoms with E-state index in [4.69, 9.17) is 5.73 Å². The molecule has 1 atom stereocenters. The zero-order valence-electron chi connectivity index (χ0n) is 8.11. The predicted octanol–water partition coefficient (Wildman–Crippen LogP) is 0.555. The summed E-state index contributed by atoms with van der Waals surface area (Å²) in [6.07, 6.45) is -0.230. The van der Waals surface area contributed by atoms with Crippen LogP contribution in [0.3, 0.4) is 0 Å². The maximum absolute atomic E-state index is 13.3. The van der Waals surface area contributed by atoms with E-state index in [9.17, 15) is 18.4 Å². The number of carbonyl (C=O) groups is 2. The zero-order valence-corrected chi connectivity index (χ0v) is 8.11.